The number of pyridine rings is 1. The molecular weight excluding hydrogens is 410 g/mol. The van der Waals surface area contributed by atoms with Crippen molar-refractivity contribution >= 4 is 22.6 Å². The molecule has 0 N–H and O–H groups in total. The van der Waals surface area contributed by atoms with Crippen molar-refractivity contribution in [3.8, 4) is 11.5 Å². The maximum absolute atomic E-state index is 13.3. The molecule has 0 spiro atoms. The third-order valence-electron chi connectivity index (χ3n) is 5.63. The van der Waals surface area contributed by atoms with Gasteiger partial charge in [-0.3, -0.25) is 4.79 Å². The van der Waals surface area contributed by atoms with Gasteiger partial charge in [0, 0.05) is 38.2 Å². The molecule has 0 radical (unpaired) electrons. The Labute approximate surface area is 187 Å². The average molecular weight is 440 g/mol. The molecule has 1 fully saturated rings. The number of methoxy groups -OCH3 is 2. The van der Waals surface area contributed by atoms with Gasteiger partial charge in [0.1, 0.15) is 34.7 Å². The number of hydrogen-bond donors (Lipinski definition) is 0. The zero-order valence-electron chi connectivity index (χ0n) is 19.0. The number of amides is 1. The highest BCUT2D eigenvalue weighted by Crippen LogP contribution is 2.35. The van der Waals surface area contributed by atoms with Gasteiger partial charge in [-0.2, -0.15) is 0 Å². The van der Waals surface area contributed by atoms with Crippen LogP contribution in [-0.4, -0.2) is 56.8 Å². The summed E-state index contributed by atoms with van der Waals surface area (Å²) >= 11 is 0. The summed E-state index contributed by atoms with van der Waals surface area (Å²) in [5.74, 6) is 2.80. The molecule has 3 aromatic rings. The van der Waals surface area contributed by atoms with Crippen LogP contribution in [0.15, 0.2) is 41.0 Å². The first-order valence-corrected chi connectivity index (χ1v) is 10.7. The summed E-state index contributed by atoms with van der Waals surface area (Å²) in [5, 5.41) is 0.829. The molecule has 8 heteroatoms. The summed E-state index contributed by atoms with van der Waals surface area (Å²) < 4.78 is 22.3. The Morgan fingerprint density at radius 3 is 2.56 bits per heavy atom. The van der Waals surface area contributed by atoms with Crippen LogP contribution in [0.4, 0.5) is 5.82 Å². The number of aromatic nitrogens is 1. The van der Waals surface area contributed by atoms with Gasteiger partial charge < -0.3 is 28.4 Å². The van der Waals surface area contributed by atoms with Crippen LogP contribution < -0.4 is 14.4 Å². The minimum atomic E-state index is -0.421. The van der Waals surface area contributed by atoms with E-state index in [0.29, 0.717) is 36.7 Å². The molecular formula is C24H29N3O5. The molecule has 1 aromatic carbocycles. The van der Waals surface area contributed by atoms with E-state index in [4.69, 9.17) is 23.6 Å². The van der Waals surface area contributed by atoms with Crippen LogP contribution in [0.2, 0.25) is 0 Å². The van der Waals surface area contributed by atoms with Gasteiger partial charge in [-0.25, -0.2) is 4.98 Å². The van der Waals surface area contributed by atoms with Crippen molar-refractivity contribution in [2.75, 3.05) is 39.8 Å². The van der Waals surface area contributed by atoms with Crippen LogP contribution in [0.5, 0.6) is 11.5 Å². The molecule has 170 valence electrons. The van der Waals surface area contributed by atoms with E-state index < -0.39 is 6.10 Å². The van der Waals surface area contributed by atoms with Crippen molar-refractivity contribution in [3.63, 3.8) is 0 Å². The number of rotatable bonds is 8. The molecule has 2 aromatic heterocycles. The molecule has 0 bridgehead atoms. The van der Waals surface area contributed by atoms with Crippen molar-refractivity contribution in [2.45, 2.75) is 32.0 Å². The van der Waals surface area contributed by atoms with E-state index in [0.717, 1.165) is 35.4 Å². The van der Waals surface area contributed by atoms with Crippen molar-refractivity contribution in [3.05, 3.63) is 47.9 Å². The highest BCUT2D eigenvalue weighted by Gasteiger charge is 2.30. The number of benzene rings is 1. The van der Waals surface area contributed by atoms with Gasteiger partial charge in [-0.05, 0) is 43.2 Å². The number of ether oxygens (including phenoxy) is 3. The smallest absolute Gasteiger partial charge is 0.252 e. The van der Waals surface area contributed by atoms with E-state index in [9.17, 15) is 4.79 Å². The van der Waals surface area contributed by atoms with Crippen LogP contribution in [0.25, 0.3) is 10.9 Å². The van der Waals surface area contributed by atoms with Gasteiger partial charge in [0.15, 0.2) is 0 Å². The average Bonchev–Trinajstić information content (AvgIpc) is 3.51. The van der Waals surface area contributed by atoms with Crippen LogP contribution in [0, 0.1) is 0 Å². The zero-order chi connectivity index (χ0) is 22.7. The van der Waals surface area contributed by atoms with E-state index >= 15 is 0 Å². The zero-order valence-corrected chi connectivity index (χ0v) is 19.0. The molecule has 0 unspecified atom stereocenters. The van der Waals surface area contributed by atoms with Crippen molar-refractivity contribution < 1.29 is 23.4 Å². The normalized spacial score (nSPS) is 15.7. The summed E-state index contributed by atoms with van der Waals surface area (Å²) in [6.45, 7) is 1.32. The minimum absolute atomic E-state index is 0.0405. The molecule has 1 aliphatic rings. The van der Waals surface area contributed by atoms with Crippen LogP contribution in [0.1, 0.15) is 24.2 Å². The first-order valence-electron chi connectivity index (χ1n) is 10.7. The highest BCUT2D eigenvalue weighted by atomic mass is 16.5. The lowest BCUT2D eigenvalue weighted by Gasteiger charge is -2.27. The molecule has 1 saturated heterocycles. The highest BCUT2D eigenvalue weighted by molar-refractivity contribution is 5.92. The number of carbonyl (C=O) groups is 1. The third kappa shape index (κ3) is 4.36. The van der Waals surface area contributed by atoms with Crippen molar-refractivity contribution in [2.24, 2.45) is 0 Å². The monoisotopic (exact) mass is 439 g/mol. The van der Waals surface area contributed by atoms with Gasteiger partial charge in [0.2, 0.25) is 0 Å². The summed E-state index contributed by atoms with van der Waals surface area (Å²) in [7, 11) is 7.12. The molecule has 1 aliphatic heterocycles. The summed E-state index contributed by atoms with van der Waals surface area (Å²) in [4.78, 5) is 21.9. The minimum Gasteiger partial charge on any atom is -0.496 e. The van der Waals surface area contributed by atoms with Crippen LogP contribution >= 0.6 is 0 Å². The summed E-state index contributed by atoms with van der Waals surface area (Å²) in [6, 6.07) is 9.42. The fourth-order valence-electron chi connectivity index (χ4n) is 4.07. The van der Waals surface area contributed by atoms with Gasteiger partial charge in [-0.15, -0.1) is 0 Å². The summed E-state index contributed by atoms with van der Waals surface area (Å²) in [6.07, 6.45) is 2.82. The Morgan fingerprint density at radius 1 is 1.16 bits per heavy atom. The Kier molecular flexibility index (Phi) is 6.50. The van der Waals surface area contributed by atoms with E-state index in [2.05, 4.69) is 0 Å². The first kappa shape index (κ1) is 22.0. The van der Waals surface area contributed by atoms with Gasteiger partial charge >= 0.3 is 0 Å². The maximum Gasteiger partial charge on any atom is 0.252 e. The molecule has 1 amide bonds. The second-order valence-electron chi connectivity index (χ2n) is 8.01. The number of fused-ring (bicyclic) bond motifs is 1. The molecule has 1 atom stereocenters. The molecule has 0 aliphatic carbocycles. The topological polar surface area (TPSA) is 77.3 Å². The van der Waals surface area contributed by atoms with Crippen molar-refractivity contribution in [1.29, 1.82) is 0 Å². The number of anilines is 1. The first-order chi connectivity index (χ1) is 15.5. The molecule has 0 saturated carbocycles. The number of carbonyl (C=O) groups excluding carboxylic acids is 1. The lowest BCUT2D eigenvalue weighted by molar-refractivity contribution is -0.142. The van der Waals surface area contributed by atoms with Crippen LogP contribution in [0.3, 0.4) is 0 Å². The fourth-order valence-corrected chi connectivity index (χ4v) is 4.07. The second kappa shape index (κ2) is 9.48. The van der Waals surface area contributed by atoms with Crippen LogP contribution in [-0.2, 0) is 22.6 Å². The number of nitrogens with zero attached hydrogens (tertiary/aromatic N) is 3. The Bertz CT molecular complexity index is 1070. The van der Waals surface area contributed by atoms with E-state index in [1.807, 2.05) is 49.3 Å². The maximum atomic E-state index is 13.3. The van der Waals surface area contributed by atoms with Gasteiger partial charge in [-0.1, -0.05) is 0 Å². The number of furan rings is 1. The quantitative estimate of drug-likeness (QED) is 0.531. The van der Waals surface area contributed by atoms with E-state index in [1.54, 1.807) is 25.4 Å². The Morgan fingerprint density at radius 2 is 1.94 bits per heavy atom. The molecule has 3 heterocycles. The lowest BCUT2D eigenvalue weighted by Crippen LogP contribution is -2.38. The standard InChI is InChI=1S/C24H29N3O5/c1-26(2)23-16(13-18-19(29-3)9-10-20(30-4)22(18)25-23)14-27(15-17-7-5-11-31-17)24(28)21-8-6-12-32-21/h5,7,9-11,13,21H,6,8,12,14-15H2,1-4H3/t21-/m1/s1. The van der Waals surface area contributed by atoms with E-state index in [-0.39, 0.29) is 5.91 Å². The second-order valence-corrected chi connectivity index (χ2v) is 8.01. The largest absolute Gasteiger partial charge is 0.496 e. The summed E-state index contributed by atoms with van der Waals surface area (Å²) in [5.41, 5.74) is 1.61. The Balaban J connectivity index is 1.77. The van der Waals surface area contributed by atoms with Gasteiger partial charge in [0.05, 0.1) is 27.0 Å². The SMILES string of the molecule is COc1ccc(OC)c2nc(N(C)C)c(CN(Cc3ccco3)C(=O)[C@H]3CCCO3)cc12. The lowest BCUT2D eigenvalue weighted by atomic mass is 10.1. The van der Waals surface area contributed by atoms with Gasteiger partial charge in [0.25, 0.3) is 5.91 Å². The third-order valence-corrected chi connectivity index (χ3v) is 5.63. The molecule has 8 nitrogen and oxygen atoms in total. The fraction of sp³-hybridized carbons (Fsp3) is 0.417. The molecule has 32 heavy (non-hydrogen) atoms. The Hall–Kier alpha value is -3.26. The predicted molar refractivity (Wildman–Crippen MR) is 121 cm³/mol. The predicted octanol–water partition coefficient (Wildman–Crippen LogP) is 3.62. The molecule has 4 rings (SSSR count). The number of hydrogen-bond acceptors (Lipinski definition) is 7. The van der Waals surface area contributed by atoms with Crippen molar-refractivity contribution in [1.82, 2.24) is 9.88 Å². The van der Waals surface area contributed by atoms with E-state index in [1.165, 1.54) is 0 Å².